The number of nitrogens with zero attached hydrogens (tertiary/aromatic N) is 2. The standard InChI is InChI=1S/C15H10F5N3O4/c16-14(17,15(18,19)20)12-6-10(11(7-21-12)23(25)26)22-13(24)27-8-9-4-2-1-3-5-9/h1-7H,8H2,(H,21,22,24). The molecule has 144 valence electrons. The maximum absolute atomic E-state index is 13.4. The van der Waals surface area contributed by atoms with E-state index in [2.05, 4.69) is 4.98 Å². The van der Waals surface area contributed by atoms with Crippen LogP contribution in [0.15, 0.2) is 42.6 Å². The van der Waals surface area contributed by atoms with Gasteiger partial charge in [0, 0.05) is 0 Å². The van der Waals surface area contributed by atoms with Gasteiger partial charge in [-0.15, -0.1) is 0 Å². The van der Waals surface area contributed by atoms with Gasteiger partial charge in [-0.2, -0.15) is 22.0 Å². The molecule has 0 spiro atoms. The summed E-state index contributed by atoms with van der Waals surface area (Å²) in [6.07, 6.45) is -7.06. The minimum Gasteiger partial charge on any atom is -0.444 e. The average molecular weight is 391 g/mol. The summed E-state index contributed by atoms with van der Waals surface area (Å²) in [5.74, 6) is -5.37. The van der Waals surface area contributed by atoms with Crippen molar-refractivity contribution in [2.45, 2.75) is 18.7 Å². The number of aromatic nitrogens is 1. The third kappa shape index (κ3) is 4.65. The van der Waals surface area contributed by atoms with Crippen molar-refractivity contribution < 1.29 is 36.4 Å². The maximum Gasteiger partial charge on any atom is 0.459 e. The summed E-state index contributed by atoms with van der Waals surface area (Å²) in [4.78, 5) is 24.3. The molecule has 0 aliphatic rings. The summed E-state index contributed by atoms with van der Waals surface area (Å²) in [7, 11) is 0. The van der Waals surface area contributed by atoms with Gasteiger partial charge in [-0.05, 0) is 11.6 Å². The molecular formula is C15H10F5N3O4. The Balaban J connectivity index is 2.24. The van der Waals surface area contributed by atoms with Crippen LogP contribution in [0.5, 0.6) is 0 Å². The highest BCUT2D eigenvalue weighted by Gasteiger charge is 2.60. The Kier molecular flexibility index (Phi) is 5.57. The summed E-state index contributed by atoms with van der Waals surface area (Å²) >= 11 is 0. The highest BCUT2D eigenvalue weighted by atomic mass is 19.4. The van der Waals surface area contributed by atoms with E-state index in [1.54, 1.807) is 35.6 Å². The van der Waals surface area contributed by atoms with Crippen molar-refractivity contribution in [1.82, 2.24) is 4.98 Å². The van der Waals surface area contributed by atoms with Crippen LogP contribution in [0.2, 0.25) is 0 Å². The number of anilines is 1. The van der Waals surface area contributed by atoms with Crippen LogP contribution in [0.1, 0.15) is 11.3 Å². The molecule has 0 aliphatic carbocycles. The van der Waals surface area contributed by atoms with Gasteiger partial charge in [0.05, 0.1) is 4.92 Å². The molecule has 0 aliphatic heterocycles. The van der Waals surface area contributed by atoms with Gasteiger partial charge in [-0.3, -0.25) is 15.4 Å². The van der Waals surface area contributed by atoms with Gasteiger partial charge in [0.1, 0.15) is 24.2 Å². The first kappa shape index (κ1) is 20.0. The number of nitrogens with one attached hydrogen (secondary N) is 1. The second-order valence-electron chi connectivity index (χ2n) is 5.10. The molecule has 0 bridgehead atoms. The fourth-order valence-corrected chi connectivity index (χ4v) is 1.88. The monoisotopic (exact) mass is 391 g/mol. The lowest BCUT2D eigenvalue weighted by Crippen LogP contribution is -2.34. The molecule has 1 amide bonds. The zero-order chi connectivity index (χ0) is 20.2. The summed E-state index contributed by atoms with van der Waals surface area (Å²) < 4.78 is 68.9. The van der Waals surface area contributed by atoms with Gasteiger partial charge in [0.15, 0.2) is 0 Å². The fourth-order valence-electron chi connectivity index (χ4n) is 1.88. The quantitative estimate of drug-likeness (QED) is 0.463. The Labute approximate surface area is 147 Å². The molecule has 0 saturated heterocycles. The molecule has 1 heterocycles. The number of rotatable bonds is 5. The Morgan fingerprint density at radius 2 is 1.81 bits per heavy atom. The number of pyridine rings is 1. The van der Waals surface area contributed by atoms with E-state index >= 15 is 0 Å². The summed E-state index contributed by atoms with van der Waals surface area (Å²) in [5.41, 5.74) is -3.14. The molecule has 1 N–H and O–H groups in total. The smallest absolute Gasteiger partial charge is 0.444 e. The Morgan fingerprint density at radius 1 is 1.19 bits per heavy atom. The van der Waals surface area contributed by atoms with Gasteiger partial charge in [-0.1, -0.05) is 30.3 Å². The van der Waals surface area contributed by atoms with Crippen LogP contribution in [0, 0.1) is 10.1 Å². The number of carbonyl (C=O) groups is 1. The number of halogens is 5. The first-order valence-corrected chi connectivity index (χ1v) is 7.09. The number of hydrogen-bond donors (Lipinski definition) is 1. The number of amides is 1. The molecule has 0 radical (unpaired) electrons. The van der Waals surface area contributed by atoms with Crippen molar-refractivity contribution in [3.05, 3.63) is 64.0 Å². The van der Waals surface area contributed by atoms with Crippen molar-refractivity contribution in [1.29, 1.82) is 0 Å². The minimum absolute atomic E-state index is 0.0788. The first-order chi connectivity index (χ1) is 12.5. The molecule has 12 heteroatoms. The van der Waals surface area contributed by atoms with E-state index in [0.717, 1.165) is 0 Å². The topological polar surface area (TPSA) is 94.4 Å². The normalized spacial score (nSPS) is 11.7. The molecule has 0 atom stereocenters. The zero-order valence-corrected chi connectivity index (χ0v) is 13.2. The number of benzene rings is 1. The lowest BCUT2D eigenvalue weighted by molar-refractivity contribution is -0.384. The van der Waals surface area contributed by atoms with E-state index < -0.39 is 40.2 Å². The maximum atomic E-state index is 13.4. The third-order valence-electron chi connectivity index (χ3n) is 3.21. The average Bonchev–Trinajstić information content (AvgIpc) is 2.59. The predicted octanol–water partition coefficient (Wildman–Crippen LogP) is 4.39. The van der Waals surface area contributed by atoms with E-state index in [0.29, 0.717) is 5.56 Å². The lowest BCUT2D eigenvalue weighted by atomic mass is 10.2. The second-order valence-corrected chi connectivity index (χ2v) is 5.10. The van der Waals surface area contributed by atoms with E-state index in [1.165, 1.54) is 0 Å². The van der Waals surface area contributed by atoms with Crippen LogP contribution < -0.4 is 5.32 Å². The van der Waals surface area contributed by atoms with E-state index in [1.807, 2.05) is 0 Å². The number of hydrogen-bond acceptors (Lipinski definition) is 5. The molecule has 7 nitrogen and oxygen atoms in total. The van der Waals surface area contributed by atoms with Gasteiger partial charge in [0.2, 0.25) is 0 Å². The Hall–Kier alpha value is -3.31. The first-order valence-electron chi connectivity index (χ1n) is 7.09. The zero-order valence-electron chi connectivity index (χ0n) is 13.2. The predicted molar refractivity (Wildman–Crippen MR) is 81.1 cm³/mol. The van der Waals surface area contributed by atoms with Gasteiger partial charge in [0.25, 0.3) is 0 Å². The molecule has 1 aromatic heterocycles. The molecule has 2 rings (SSSR count). The van der Waals surface area contributed by atoms with Crippen LogP contribution in [0.3, 0.4) is 0 Å². The fraction of sp³-hybridized carbons (Fsp3) is 0.200. The summed E-state index contributed by atoms with van der Waals surface area (Å²) in [6.45, 7) is -0.253. The van der Waals surface area contributed by atoms with Gasteiger partial charge in [-0.25, -0.2) is 9.78 Å². The van der Waals surface area contributed by atoms with E-state index in [-0.39, 0.29) is 18.9 Å². The van der Waals surface area contributed by atoms with Crippen molar-refractivity contribution in [2.75, 3.05) is 5.32 Å². The number of nitro groups is 1. The Morgan fingerprint density at radius 3 is 2.37 bits per heavy atom. The summed E-state index contributed by atoms with van der Waals surface area (Å²) in [6, 6.07) is 8.28. The molecule has 2 aromatic rings. The highest BCUT2D eigenvalue weighted by Crippen LogP contribution is 2.44. The lowest BCUT2D eigenvalue weighted by Gasteiger charge is -2.19. The minimum atomic E-state index is -5.97. The molecular weight excluding hydrogens is 381 g/mol. The van der Waals surface area contributed by atoms with Gasteiger partial charge < -0.3 is 4.74 Å². The molecule has 27 heavy (non-hydrogen) atoms. The van der Waals surface area contributed by atoms with E-state index in [9.17, 15) is 36.9 Å². The second kappa shape index (κ2) is 7.51. The van der Waals surface area contributed by atoms with Crippen molar-refractivity contribution >= 4 is 17.5 Å². The molecule has 0 saturated carbocycles. The van der Waals surface area contributed by atoms with Crippen LogP contribution in [0.4, 0.5) is 38.1 Å². The van der Waals surface area contributed by atoms with Crippen molar-refractivity contribution in [3.8, 4) is 0 Å². The number of carbonyl (C=O) groups excluding carboxylic acids is 1. The molecule has 1 aromatic carbocycles. The van der Waals surface area contributed by atoms with Crippen LogP contribution >= 0.6 is 0 Å². The van der Waals surface area contributed by atoms with Crippen LogP contribution in [0.25, 0.3) is 0 Å². The molecule has 0 fully saturated rings. The SMILES string of the molecule is O=C(Nc1cc(C(F)(F)C(F)(F)F)ncc1[N+](=O)[O-])OCc1ccccc1. The highest BCUT2D eigenvalue weighted by molar-refractivity contribution is 5.87. The van der Waals surface area contributed by atoms with Crippen LogP contribution in [-0.2, 0) is 17.3 Å². The third-order valence-corrected chi connectivity index (χ3v) is 3.21. The number of alkyl halides is 5. The van der Waals surface area contributed by atoms with Crippen molar-refractivity contribution in [2.24, 2.45) is 0 Å². The molecule has 0 unspecified atom stereocenters. The van der Waals surface area contributed by atoms with Crippen LogP contribution in [-0.4, -0.2) is 22.2 Å². The summed E-state index contributed by atoms with van der Waals surface area (Å²) in [5, 5.41) is 12.7. The Bertz CT molecular complexity index is 843. The van der Waals surface area contributed by atoms with Crippen molar-refractivity contribution in [3.63, 3.8) is 0 Å². The number of ether oxygens (including phenoxy) is 1. The van der Waals surface area contributed by atoms with E-state index in [4.69, 9.17) is 4.74 Å². The van der Waals surface area contributed by atoms with Gasteiger partial charge >= 0.3 is 23.9 Å². The largest absolute Gasteiger partial charge is 0.459 e.